The van der Waals surface area contributed by atoms with Gasteiger partial charge in [-0.25, -0.2) is 4.79 Å². The van der Waals surface area contributed by atoms with Crippen LogP contribution in [0, 0.1) is 13.8 Å². The van der Waals surface area contributed by atoms with Crippen molar-refractivity contribution in [1.29, 1.82) is 0 Å². The second-order valence-corrected chi connectivity index (χ2v) is 6.18. The van der Waals surface area contributed by atoms with E-state index >= 15 is 0 Å². The van der Waals surface area contributed by atoms with Crippen molar-refractivity contribution in [3.63, 3.8) is 0 Å². The summed E-state index contributed by atoms with van der Waals surface area (Å²) in [4.78, 5) is 23.6. The number of carbonyl (C=O) groups excluding carboxylic acids is 2. The fourth-order valence-corrected chi connectivity index (χ4v) is 2.57. The maximum Gasteiger partial charge on any atom is 0.344 e. The summed E-state index contributed by atoms with van der Waals surface area (Å²) in [7, 11) is 0. The fraction of sp³-hybridized carbons (Fsp3) is 0.222. The Morgan fingerprint density at radius 2 is 1.72 bits per heavy atom. The van der Waals surface area contributed by atoms with E-state index in [0.717, 1.165) is 11.1 Å². The molecule has 0 aliphatic rings. The molecule has 5 nitrogen and oxygen atoms in total. The van der Waals surface area contributed by atoms with E-state index in [0.29, 0.717) is 16.5 Å². The Morgan fingerprint density at radius 1 is 1.04 bits per heavy atom. The van der Waals surface area contributed by atoms with Crippen LogP contribution < -0.4 is 10.1 Å². The van der Waals surface area contributed by atoms with Gasteiger partial charge in [0, 0.05) is 10.7 Å². The van der Waals surface area contributed by atoms with Crippen molar-refractivity contribution in [3.8, 4) is 5.75 Å². The monoisotopic (exact) mass is 381 g/mol. The molecule has 0 atom stereocenters. The summed E-state index contributed by atoms with van der Waals surface area (Å²) < 4.78 is 10.1. The maximum atomic E-state index is 11.9. The molecule has 1 N–H and O–H groups in total. The molecule has 0 fully saturated rings. The Labute approximate surface area is 155 Å². The van der Waals surface area contributed by atoms with Crippen molar-refractivity contribution in [1.82, 2.24) is 0 Å². The van der Waals surface area contributed by atoms with Gasteiger partial charge >= 0.3 is 5.97 Å². The molecule has 0 unspecified atom stereocenters. The molecule has 0 spiro atoms. The summed E-state index contributed by atoms with van der Waals surface area (Å²) in [5.74, 6) is -0.791. The lowest BCUT2D eigenvalue weighted by molar-refractivity contribution is -0.149. The number of hydrogen-bond acceptors (Lipinski definition) is 4. The maximum absolute atomic E-state index is 11.9. The minimum Gasteiger partial charge on any atom is -0.480 e. The number of rotatable bonds is 6. The molecule has 2 aromatic carbocycles. The van der Waals surface area contributed by atoms with Crippen molar-refractivity contribution in [2.75, 3.05) is 18.5 Å². The zero-order valence-electron chi connectivity index (χ0n) is 13.8. The molecule has 2 aromatic rings. The summed E-state index contributed by atoms with van der Waals surface area (Å²) >= 11 is 11.7. The van der Waals surface area contributed by atoms with Crippen LogP contribution in [0.25, 0.3) is 0 Å². The van der Waals surface area contributed by atoms with Gasteiger partial charge in [-0.1, -0.05) is 41.4 Å². The largest absolute Gasteiger partial charge is 0.480 e. The molecule has 132 valence electrons. The van der Waals surface area contributed by atoms with Crippen LogP contribution in [0.2, 0.25) is 10.0 Å². The van der Waals surface area contributed by atoms with E-state index in [1.165, 1.54) is 6.07 Å². The van der Waals surface area contributed by atoms with Gasteiger partial charge in [0.1, 0.15) is 5.75 Å². The lowest BCUT2D eigenvalue weighted by atomic mass is 10.1. The smallest absolute Gasteiger partial charge is 0.344 e. The predicted octanol–water partition coefficient (Wildman–Crippen LogP) is 4.17. The zero-order chi connectivity index (χ0) is 18.4. The molecule has 0 bridgehead atoms. The van der Waals surface area contributed by atoms with Crippen LogP contribution in [-0.2, 0) is 14.3 Å². The van der Waals surface area contributed by atoms with Gasteiger partial charge in [-0.2, -0.15) is 0 Å². The summed E-state index contributed by atoms with van der Waals surface area (Å²) in [6.45, 7) is 3.01. The van der Waals surface area contributed by atoms with Gasteiger partial charge in [0.05, 0.1) is 5.02 Å². The quantitative estimate of drug-likeness (QED) is 0.762. The number of carbonyl (C=O) groups is 2. The first-order valence-corrected chi connectivity index (χ1v) is 8.22. The predicted molar refractivity (Wildman–Crippen MR) is 97.5 cm³/mol. The fourth-order valence-electron chi connectivity index (χ4n) is 2.10. The Balaban J connectivity index is 1.80. The van der Waals surface area contributed by atoms with Gasteiger partial charge in [0.25, 0.3) is 5.91 Å². The molecule has 0 saturated carbocycles. The summed E-state index contributed by atoms with van der Waals surface area (Å²) in [6.07, 6.45) is 0. The molecule has 0 heterocycles. The molecule has 0 saturated heterocycles. The molecule has 0 radical (unpaired) electrons. The van der Waals surface area contributed by atoms with Crippen LogP contribution in [0.4, 0.5) is 5.69 Å². The molecule has 2 rings (SSSR count). The van der Waals surface area contributed by atoms with Gasteiger partial charge in [-0.3, -0.25) is 4.79 Å². The van der Waals surface area contributed by atoms with Crippen LogP contribution in [0.15, 0.2) is 36.4 Å². The zero-order valence-corrected chi connectivity index (χ0v) is 15.3. The van der Waals surface area contributed by atoms with E-state index in [2.05, 4.69) is 5.32 Å². The van der Waals surface area contributed by atoms with Gasteiger partial charge in [0.15, 0.2) is 13.2 Å². The molecule has 0 aliphatic carbocycles. The second-order valence-electron chi connectivity index (χ2n) is 5.34. The average Bonchev–Trinajstić information content (AvgIpc) is 2.55. The number of ether oxygens (including phenoxy) is 2. The van der Waals surface area contributed by atoms with E-state index in [4.69, 9.17) is 32.7 Å². The number of esters is 1. The minimum absolute atomic E-state index is 0.285. The molecule has 7 heteroatoms. The molecule has 0 aliphatic heterocycles. The number of aryl methyl sites for hydroxylation is 2. The lowest BCUT2D eigenvalue weighted by Crippen LogP contribution is -2.24. The third-order valence-electron chi connectivity index (χ3n) is 3.35. The third kappa shape index (κ3) is 5.66. The number of nitrogens with one attached hydrogen (secondary N) is 1. The topological polar surface area (TPSA) is 64.6 Å². The number of amides is 1. The van der Waals surface area contributed by atoms with Crippen molar-refractivity contribution >= 4 is 40.8 Å². The highest BCUT2D eigenvalue weighted by molar-refractivity contribution is 6.35. The van der Waals surface area contributed by atoms with Crippen molar-refractivity contribution in [3.05, 3.63) is 57.6 Å². The first-order valence-electron chi connectivity index (χ1n) is 7.46. The van der Waals surface area contributed by atoms with E-state index in [1.807, 2.05) is 32.0 Å². The first-order chi connectivity index (χ1) is 11.9. The standard InChI is InChI=1S/C18H17Cl2NO4/c1-11-4-3-5-12(2)18(11)21-16(22)9-25-17(23)10-24-15-7-6-13(19)8-14(15)20/h3-8H,9-10H2,1-2H3,(H,21,22). The number of anilines is 1. The van der Waals surface area contributed by atoms with E-state index in [-0.39, 0.29) is 11.6 Å². The summed E-state index contributed by atoms with van der Waals surface area (Å²) in [5, 5.41) is 3.48. The van der Waals surface area contributed by atoms with E-state index in [9.17, 15) is 9.59 Å². The molecular weight excluding hydrogens is 365 g/mol. The first kappa shape index (κ1) is 19.1. The number of benzene rings is 2. The van der Waals surface area contributed by atoms with Crippen LogP contribution in [0.1, 0.15) is 11.1 Å². The minimum atomic E-state index is -0.678. The van der Waals surface area contributed by atoms with Gasteiger partial charge in [-0.15, -0.1) is 0 Å². The lowest BCUT2D eigenvalue weighted by Gasteiger charge is -2.12. The Morgan fingerprint density at radius 3 is 2.36 bits per heavy atom. The van der Waals surface area contributed by atoms with Gasteiger partial charge in [0.2, 0.25) is 0 Å². The summed E-state index contributed by atoms with van der Waals surface area (Å²) in [5.41, 5.74) is 2.58. The molecule has 1 amide bonds. The Kier molecular flexibility index (Phi) is 6.67. The Hall–Kier alpha value is -2.24. The number of halogens is 2. The van der Waals surface area contributed by atoms with Crippen LogP contribution in [0.5, 0.6) is 5.75 Å². The Bertz CT molecular complexity index is 772. The highest BCUT2D eigenvalue weighted by Gasteiger charge is 2.12. The number of para-hydroxylation sites is 1. The molecule has 25 heavy (non-hydrogen) atoms. The second kappa shape index (κ2) is 8.74. The van der Waals surface area contributed by atoms with Crippen molar-refractivity contribution < 1.29 is 19.1 Å². The van der Waals surface area contributed by atoms with E-state index in [1.54, 1.807) is 12.1 Å². The van der Waals surface area contributed by atoms with E-state index < -0.39 is 18.5 Å². The van der Waals surface area contributed by atoms with Crippen molar-refractivity contribution in [2.45, 2.75) is 13.8 Å². The van der Waals surface area contributed by atoms with Crippen LogP contribution in [0.3, 0.4) is 0 Å². The highest BCUT2D eigenvalue weighted by atomic mass is 35.5. The third-order valence-corrected chi connectivity index (χ3v) is 3.88. The van der Waals surface area contributed by atoms with Crippen LogP contribution in [-0.4, -0.2) is 25.1 Å². The molecule has 0 aromatic heterocycles. The van der Waals surface area contributed by atoms with Crippen molar-refractivity contribution in [2.24, 2.45) is 0 Å². The highest BCUT2D eigenvalue weighted by Crippen LogP contribution is 2.27. The average molecular weight is 382 g/mol. The normalized spacial score (nSPS) is 10.2. The van der Waals surface area contributed by atoms with Crippen LogP contribution >= 0.6 is 23.2 Å². The van der Waals surface area contributed by atoms with Gasteiger partial charge < -0.3 is 14.8 Å². The summed E-state index contributed by atoms with van der Waals surface area (Å²) in [6, 6.07) is 10.3. The number of hydrogen-bond donors (Lipinski definition) is 1. The SMILES string of the molecule is Cc1cccc(C)c1NC(=O)COC(=O)COc1ccc(Cl)cc1Cl. The molecular formula is C18H17Cl2NO4. The van der Waals surface area contributed by atoms with Gasteiger partial charge in [-0.05, 0) is 43.2 Å².